The lowest BCUT2D eigenvalue weighted by Gasteiger charge is -2.31. The smallest absolute Gasteiger partial charge is 0.119 e. The minimum atomic E-state index is 0.0676. The lowest BCUT2D eigenvalue weighted by Crippen LogP contribution is -2.23. The maximum absolute atomic E-state index is 5.60. The van der Waals surface area contributed by atoms with Gasteiger partial charge in [0, 0.05) is 23.2 Å². The van der Waals surface area contributed by atoms with Crippen LogP contribution in [-0.4, -0.2) is 21.3 Å². The van der Waals surface area contributed by atoms with Gasteiger partial charge in [0.1, 0.15) is 17.2 Å². The van der Waals surface area contributed by atoms with Crippen molar-refractivity contribution >= 4 is 0 Å². The van der Waals surface area contributed by atoms with E-state index < -0.39 is 0 Å². The van der Waals surface area contributed by atoms with Gasteiger partial charge in [-0.05, 0) is 69.8 Å². The van der Waals surface area contributed by atoms with Crippen LogP contribution in [0.2, 0.25) is 0 Å². The van der Waals surface area contributed by atoms with E-state index in [1.54, 1.807) is 21.3 Å². The van der Waals surface area contributed by atoms with Crippen LogP contribution in [0.5, 0.6) is 17.2 Å². The van der Waals surface area contributed by atoms with Crippen LogP contribution >= 0.6 is 0 Å². The predicted molar refractivity (Wildman–Crippen MR) is 113 cm³/mol. The van der Waals surface area contributed by atoms with Crippen LogP contribution in [0.1, 0.15) is 58.1 Å². The summed E-state index contributed by atoms with van der Waals surface area (Å²) in [4.78, 5) is 0. The lowest BCUT2D eigenvalue weighted by atomic mass is 9.70. The maximum Gasteiger partial charge on any atom is 0.119 e. The maximum atomic E-state index is 5.60. The Morgan fingerprint density at radius 3 is 1.17 bits per heavy atom. The molecule has 4 unspecified atom stereocenters. The number of hydrogen-bond donors (Lipinski definition) is 0. The van der Waals surface area contributed by atoms with Crippen molar-refractivity contribution in [3.05, 3.63) is 88.0 Å². The summed E-state index contributed by atoms with van der Waals surface area (Å²) >= 11 is 0. The molecule has 3 aromatic rings. The second-order valence-corrected chi connectivity index (χ2v) is 8.65. The number of rotatable bonds is 3. The van der Waals surface area contributed by atoms with Crippen LogP contribution in [0.4, 0.5) is 0 Å². The Hall–Kier alpha value is -2.94. The number of hydrogen-bond acceptors (Lipinski definition) is 3. The molecular formula is C26H24O3. The largest absolute Gasteiger partial charge is 0.497 e. The third-order valence-electron chi connectivity index (χ3n) is 7.61. The van der Waals surface area contributed by atoms with Crippen molar-refractivity contribution < 1.29 is 14.2 Å². The molecule has 0 spiro atoms. The standard InChI is InChI=1S/C26H24O3/c1-26-23-17-8-5-14(27-2)11-20(17)24(26)19-10-7-16(29-4)13-22(19)25(26)21-12-15(28-3)6-9-18(21)23/h5-13,23-25H,1-4H3. The zero-order valence-electron chi connectivity index (χ0n) is 17.2. The van der Waals surface area contributed by atoms with Crippen molar-refractivity contribution in [3.63, 3.8) is 0 Å². The number of benzene rings is 3. The number of ether oxygens (including phenoxy) is 3. The molecule has 3 aliphatic rings. The molecule has 0 saturated carbocycles. The van der Waals surface area contributed by atoms with Crippen LogP contribution in [0.15, 0.2) is 54.6 Å². The molecule has 0 amide bonds. The normalized spacial score (nSPS) is 27.1. The van der Waals surface area contributed by atoms with Crippen LogP contribution in [0.3, 0.4) is 0 Å². The monoisotopic (exact) mass is 384 g/mol. The molecule has 3 aromatic carbocycles. The molecule has 0 radical (unpaired) electrons. The second kappa shape index (κ2) is 5.56. The van der Waals surface area contributed by atoms with E-state index >= 15 is 0 Å². The molecule has 0 N–H and O–H groups in total. The predicted octanol–water partition coefficient (Wildman–Crippen LogP) is 5.46. The van der Waals surface area contributed by atoms with Gasteiger partial charge in [0.05, 0.1) is 21.3 Å². The molecule has 3 nitrogen and oxygen atoms in total. The first-order valence-electron chi connectivity index (χ1n) is 10.1. The van der Waals surface area contributed by atoms with Gasteiger partial charge in [0.25, 0.3) is 0 Å². The highest BCUT2D eigenvalue weighted by Gasteiger charge is 2.64. The molecule has 29 heavy (non-hydrogen) atoms. The van der Waals surface area contributed by atoms with Crippen LogP contribution in [0.25, 0.3) is 0 Å². The molecule has 0 saturated heterocycles. The molecule has 3 aliphatic carbocycles. The van der Waals surface area contributed by atoms with E-state index in [9.17, 15) is 0 Å². The Morgan fingerprint density at radius 2 is 0.828 bits per heavy atom. The first-order chi connectivity index (χ1) is 14.1. The van der Waals surface area contributed by atoms with Gasteiger partial charge in [-0.2, -0.15) is 0 Å². The highest BCUT2D eigenvalue weighted by atomic mass is 16.5. The van der Waals surface area contributed by atoms with E-state index in [1.165, 1.54) is 33.4 Å². The summed E-state index contributed by atoms with van der Waals surface area (Å²) in [6.07, 6.45) is 0. The van der Waals surface area contributed by atoms with E-state index in [0.717, 1.165) is 17.2 Å². The van der Waals surface area contributed by atoms with Gasteiger partial charge >= 0.3 is 0 Å². The Kier molecular flexibility index (Phi) is 3.25. The van der Waals surface area contributed by atoms with Gasteiger partial charge in [-0.3, -0.25) is 0 Å². The Balaban J connectivity index is 1.70. The summed E-state index contributed by atoms with van der Waals surface area (Å²) in [6, 6.07) is 19.9. The van der Waals surface area contributed by atoms with E-state index in [2.05, 4.69) is 61.5 Å². The van der Waals surface area contributed by atoms with Crippen LogP contribution in [0, 0.1) is 5.41 Å². The Morgan fingerprint density at radius 1 is 0.517 bits per heavy atom. The van der Waals surface area contributed by atoms with Crippen LogP contribution in [-0.2, 0) is 0 Å². The van der Waals surface area contributed by atoms with Gasteiger partial charge in [-0.1, -0.05) is 25.1 Å². The van der Waals surface area contributed by atoms with Gasteiger partial charge in [-0.15, -0.1) is 0 Å². The summed E-state index contributed by atoms with van der Waals surface area (Å²) < 4.78 is 16.8. The fourth-order valence-corrected chi connectivity index (χ4v) is 6.59. The Bertz CT molecular complexity index is 1160. The van der Waals surface area contributed by atoms with Crippen LogP contribution < -0.4 is 14.2 Å². The van der Waals surface area contributed by atoms with E-state index in [1.807, 2.05) is 0 Å². The highest BCUT2D eigenvalue weighted by Crippen LogP contribution is 2.76. The van der Waals surface area contributed by atoms with Crippen molar-refractivity contribution in [2.24, 2.45) is 5.41 Å². The number of fused-ring (bicyclic) bond motifs is 9. The van der Waals surface area contributed by atoms with Crippen molar-refractivity contribution in [2.45, 2.75) is 24.7 Å². The van der Waals surface area contributed by atoms with Gasteiger partial charge in [-0.25, -0.2) is 0 Å². The van der Waals surface area contributed by atoms with Gasteiger partial charge < -0.3 is 14.2 Å². The molecule has 4 atom stereocenters. The lowest BCUT2D eigenvalue weighted by molar-refractivity contribution is 0.288. The third-order valence-corrected chi connectivity index (χ3v) is 7.61. The van der Waals surface area contributed by atoms with E-state index in [0.29, 0.717) is 17.8 Å². The zero-order chi connectivity index (χ0) is 19.9. The first kappa shape index (κ1) is 17.0. The average Bonchev–Trinajstić information content (AvgIpc) is 3.27. The molecule has 3 heteroatoms. The quantitative estimate of drug-likeness (QED) is 0.601. The fraction of sp³-hybridized carbons (Fsp3) is 0.308. The van der Waals surface area contributed by atoms with E-state index in [-0.39, 0.29) is 5.41 Å². The number of methoxy groups -OCH3 is 3. The van der Waals surface area contributed by atoms with E-state index in [4.69, 9.17) is 14.2 Å². The molecule has 0 fully saturated rings. The minimum absolute atomic E-state index is 0.0676. The molecule has 0 heterocycles. The molecule has 146 valence electrons. The summed E-state index contributed by atoms with van der Waals surface area (Å²) in [5.74, 6) is 3.83. The molecule has 6 rings (SSSR count). The second-order valence-electron chi connectivity index (χ2n) is 8.65. The Labute approximate surface area is 171 Å². The molecule has 0 aromatic heterocycles. The van der Waals surface area contributed by atoms with Gasteiger partial charge in [0.2, 0.25) is 0 Å². The summed E-state index contributed by atoms with van der Waals surface area (Å²) in [5.41, 5.74) is 8.56. The highest BCUT2D eigenvalue weighted by molar-refractivity contribution is 5.70. The molecule has 0 aliphatic heterocycles. The van der Waals surface area contributed by atoms with Gasteiger partial charge in [0.15, 0.2) is 0 Å². The SMILES string of the molecule is COc1ccc2c(c1)C1c3ccc(OC)cc3C3c4cc(OC)ccc4C2C13C. The zero-order valence-corrected chi connectivity index (χ0v) is 17.2. The fourth-order valence-electron chi connectivity index (χ4n) is 6.59. The van der Waals surface area contributed by atoms with Crippen molar-refractivity contribution in [2.75, 3.05) is 21.3 Å². The third kappa shape index (κ3) is 1.89. The summed E-state index contributed by atoms with van der Waals surface area (Å²) in [5, 5.41) is 0. The molecule has 0 bridgehead atoms. The van der Waals surface area contributed by atoms with Crippen molar-refractivity contribution in [3.8, 4) is 17.2 Å². The minimum Gasteiger partial charge on any atom is -0.497 e. The van der Waals surface area contributed by atoms with Crippen molar-refractivity contribution in [1.82, 2.24) is 0 Å². The first-order valence-corrected chi connectivity index (χ1v) is 10.1. The molecular weight excluding hydrogens is 360 g/mol. The van der Waals surface area contributed by atoms with Crippen molar-refractivity contribution in [1.29, 1.82) is 0 Å². The summed E-state index contributed by atoms with van der Waals surface area (Å²) in [6.45, 7) is 2.47. The average molecular weight is 384 g/mol. The topological polar surface area (TPSA) is 27.7 Å². The summed E-state index contributed by atoms with van der Waals surface area (Å²) in [7, 11) is 5.24.